The minimum atomic E-state index is 0. The van der Waals surface area contributed by atoms with E-state index in [0.29, 0.717) is 6.54 Å². The van der Waals surface area contributed by atoms with Crippen LogP contribution in [0.2, 0.25) is 0 Å². The van der Waals surface area contributed by atoms with Gasteiger partial charge in [0.15, 0.2) is 5.96 Å². The number of likely N-dealkylation sites (N-methyl/N-ethyl adjacent to an activating group) is 1. The number of nitrogens with zero attached hydrogens (tertiary/aromatic N) is 2. The second kappa shape index (κ2) is 13.3. The first kappa shape index (κ1) is 23.2. The van der Waals surface area contributed by atoms with Crippen molar-refractivity contribution in [2.75, 3.05) is 39.8 Å². The Bertz CT molecular complexity index is 506. The zero-order chi connectivity index (χ0) is 17.9. The summed E-state index contributed by atoms with van der Waals surface area (Å²) in [6.45, 7) is 5.50. The van der Waals surface area contributed by atoms with Crippen molar-refractivity contribution < 1.29 is 5.11 Å². The average Bonchev–Trinajstić information content (AvgIpc) is 3.18. The summed E-state index contributed by atoms with van der Waals surface area (Å²) in [6.07, 6.45) is 5.41. The lowest BCUT2D eigenvalue weighted by molar-refractivity contribution is 0.249. The Hall–Kier alpha value is -0.860. The molecule has 6 heteroatoms. The third kappa shape index (κ3) is 7.80. The fourth-order valence-corrected chi connectivity index (χ4v) is 3.42. The number of aliphatic hydroxyl groups is 1. The van der Waals surface area contributed by atoms with Gasteiger partial charge in [-0.25, -0.2) is 0 Å². The highest BCUT2D eigenvalue weighted by Crippen LogP contribution is 2.21. The number of aliphatic imine (C=N–C) groups is 1. The molecule has 0 amide bonds. The molecule has 0 bridgehead atoms. The number of nitrogens with one attached hydrogen (secondary N) is 2. The van der Waals surface area contributed by atoms with E-state index in [2.05, 4.69) is 34.5 Å². The van der Waals surface area contributed by atoms with Gasteiger partial charge < -0.3 is 20.6 Å². The van der Waals surface area contributed by atoms with Gasteiger partial charge in [0.2, 0.25) is 0 Å². The van der Waals surface area contributed by atoms with Gasteiger partial charge in [0.25, 0.3) is 0 Å². The van der Waals surface area contributed by atoms with Crippen molar-refractivity contribution in [3.8, 4) is 0 Å². The highest BCUT2D eigenvalue weighted by molar-refractivity contribution is 14.0. The summed E-state index contributed by atoms with van der Waals surface area (Å²) < 4.78 is 0. The van der Waals surface area contributed by atoms with Crippen LogP contribution >= 0.6 is 24.0 Å². The first-order valence-electron chi connectivity index (χ1n) is 9.62. The van der Waals surface area contributed by atoms with Gasteiger partial charge in [-0.15, -0.1) is 24.0 Å². The van der Waals surface area contributed by atoms with Crippen LogP contribution in [0.1, 0.15) is 44.1 Å². The van der Waals surface area contributed by atoms with Crippen molar-refractivity contribution in [2.24, 2.45) is 4.99 Å². The molecule has 148 valence electrons. The molecule has 0 heterocycles. The number of aliphatic hydroxyl groups excluding tert-OH is 1. The van der Waals surface area contributed by atoms with Crippen molar-refractivity contribution in [3.63, 3.8) is 0 Å². The van der Waals surface area contributed by atoms with Crippen LogP contribution in [-0.2, 0) is 0 Å². The zero-order valence-electron chi connectivity index (χ0n) is 16.2. The summed E-state index contributed by atoms with van der Waals surface area (Å²) in [7, 11) is 2.22. The molecule has 1 fully saturated rings. The van der Waals surface area contributed by atoms with Gasteiger partial charge in [0.05, 0.1) is 13.2 Å². The highest BCUT2D eigenvalue weighted by atomic mass is 127. The fourth-order valence-electron chi connectivity index (χ4n) is 3.42. The monoisotopic (exact) mass is 474 g/mol. The number of guanidine groups is 1. The second-order valence-corrected chi connectivity index (χ2v) is 6.86. The van der Waals surface area contributed by atoms with E-state index in [4.69, 9.17) is 0 Å². The molecular weight excluding hydrogens is 439 g/mol. The average molecular weight is 474 g/mol. The molecule has 0 radical (unpaired) electrons. The van der Waals surface area contributed by atoms with Gasteiger partial charge in [-0.1, -0.05) is 43.2 Å². The number of benzene rings is 1. The van der Waals surface area contributed by atoms with Gasteiger partial charge in [-0.3, -0.25) is 4.99 Å². The van der Waals surface area contributed by atoms with Gasteiger partial charge in [-0.2, -0.15) is 0 Å². The van der Waals surface area contributed by atoms with Crippen LogP contribution in [0.15, 0.2) is 35.3 Å². The normalized spacial score (nSPS) is 16.4. The van der Waals surface area contributed by atoms with Crippen LogP contribution < -0.4 is 10.6 Å². The quantitative estimate of drug-likeness (QED) is 0.293. The standard InChI is InChI=1S/C20H34N4O.HI/c1-3-21-20(22-13-14-24(2)19-11-7-8-12-19)23-15-18(16-25)17-9-5-4-6-10-17;/h4-6,9-10,18-19,25H,3,7-8,11-16H2,1-2H3,(H2,21,22,23);1H. The van der Waals surface area contributed by atoms with Gasteiger partial charge >= 0.3 is 0 Å². The number of halogens is 1. The van der Waals surface area contributed by atoms with Gasteiger partial charge in [0, 0.05) is 31.6 Å². The van der Waals surface area contributed by atoms with E-state index in [1.54, 1.807) is 0 Å². The molecule has 1 atom stereocenters. The van der Waals surface area contributed by atoms with Crippen molar-refractivity contribution in [3.05, 3.63) is 35.9 Å². The second-order valence-electron chi connectivity index (χ2n) is 6.86. The van der Waals surface area contributed by atoms with E-state index in [0.717, 1.165) is 37.2 Å². The van der Waals surface area contributed by atoms with E-state index >= 15 is 0 Å². The SMILES string of the molecule is CCNC(=NCC(CO)c1ccccc1)NCCN(C)C1CCCC1.I. The molecule has 5 nitrogen and oxygen atoms in total. The summed E-state index contributed by atoms with van der Waals surface area (Å²) in [5.74, 6) is 0.870. The van der Waals surface area contributed by atoms with Crippen LogP contribution in [0.4, 0.5) is 0 Å². The van der Waals surface area contributed by atoms with E-state index in [1.165, 1.54) is 25.7 Å². The molecule has 3 N–H and O–H groups in total. The topological polar surface area (TPSA) is 59.9 Å². The predicted octanol–water partition coefficient (Wildman–Crippen LogP) is 2.81. The number of hydrogen-bond acceptors (Lipinski definition) is 3. The molecule has 1 aromatic rings. The first-order valence-corrected chi connectivity index (χ1v) is 9.62. The molecule has 1 unspecified atom stereocenters. The molecule has 0 spiro atoms. The van der Waals surface area contributed by atoms with Crippen molar-refractivity contribution in [1.82, 2.24) is 15.5 Å². The Morgan fingerprint density at radius 1 is 1.23 bits per heavy atom. The lowest BCUT2D eigenvalue weighted by atomic mass is 10.0. The molecule has 0 aromatic heterocycles. The van der Waals surface area contributed by atoms with E-state index in [9.17, 15) is 5.11 Å². The molecule has 2 rings (SSSR count). The maximum absolute atomic E-state index is 9.68. The largest absolute Gasteiger partial charge is 0.396 e. The third-order valence-electron chi connectivity index (χ3n) is 5.01. The Morgan fingerprint density at radius 2 is 1.92 bits per heavy atom. The lowest BCUT2D eigenvalue weighted by Crippen LogP contribution is -2.42. The van der Waals surface area contributed by atoms with E-state index in [-0.39, 0.29) is 36.5 Å². The Balaban J connectivity index is 0.00000338. The highest BCUT2D eigenvalue weighted by Gasteiger charge is 2.18. The summed E-state index contributed by atoms with van der Waals surface area (Å²) in [6, 6.07) is 10.8. The Morgan fingerprint density at radius 3 is 2.54 bits per heavy atom. The van der Waals surface area contributed by atoms with Crippen molar-refractivity contribution in [1.29, 1.82) is 0 Å². The Labute approximate surface area is 175 Å². The van der Waals surface area contributed by atoms with Crippen molar-refractivity contribution in [2.45, 2.75) is 44.6 Å². The summed E-state index contributed by atoms with van der Waals surface area (Å²) in [4.78, 5) is 7.13. The molecule has 0 saturated heterocycles. The molecule has 1 saturated carbocycles. The smallest absolute Gasteiger partial charge is 0.191 e. The summed E-state index contributed by atoms with van der Waals surface area (Å²) in [5, 5.41) is 16.4. The van der Waals surface area contributed by atoms with Gasteiger partial charge in [0.1, 0.15) is 0 Å². The molecule has 1 aliphatic carbocycles. The van der Waals surface area contributed by atoms with Crippen molar-refractivity contribution >= 4 is 29.9 Å². The minimum absolute atomic E-state index is 0. The first-order chi connectivity index (χ1) is 12.2. The molecule has 26 heavy (non-hydrogen) atoms. The molecule has 1 aromatic carbocycles. The minimum Gasteiger partial charge on any atom is -0.396 e. The van der Waals surface area contributed by atoms with E-state index < -0.39 is 0 Å². The van der Waals surface area contributed by atoms with Crippen LogP contribution in [0.5, 0.6) is 0 Å². The fraction of sp³-hybridized carbons (Fsp3) is 0.650. The predicted molar refractivity (Wildman–Crippen MR) is 121 cm³/mol. The molecule has 0 aliphatic heterocycles. The Kier molecular flexibility index (Phi) is 11.9. The van der Waals surface area contributed by atoms with Crippen LogP contribution in [0.3, 0.4) is 0 Å². The van der Waals surface area contributed by atoms with Gasteiger partial charge in [-0.05, 0) is 32.4 Å². The van der Waals surface area contributed by atoms with E-state index in [1.807, 2.05) is 30.3 Å². The summed E-state index contributed by atoms with van der Waals surface area (Å²) in [5.41, 5.74) is 1.13. The maximum Gasteiger partial charge on any atom is 0.191 e. The maximum atomic E-state index is 9.68. The zero-order valence-corrected chi connectivity index (χ0v) is 18.5. The van der Waals surface area contributed by atoms with Crippen LogP contribution in [0.25, 0.3) is 0 Å². The van der Waals surface area contributed by atoms with Crippen LogP contribution in [-0.4, -0.2) is 61.8 Å². The van der Waals surface area contributed by atoms with Crippen LogP contribution in [0, 0.1) is 0 Å². The summed E-state index contributed by atoms with van der Waals surface area (Å²) >= 11 is 0. The lowest BCUT2D eigenvalue weighted by Gasteiger charge is -2.24. The molecular formula is C20H35IN4O. The third-order valence-corrected chi connectivity index (χ3v) is 5.01. The number of rotatable bonds is 9. The number of hydrogen-bond donors (Lipinski definition) is 3. The molecule has 1 aliphatic rings.